The van der Waals surface area contributed by atoms with Gasteiger partial charge in [-0.1, -0.05) is 34.5 Å². The zero-order valence-electron chi connectivity index (χ0n) is 16.1. The standard InChI is InChI=1S/C20H22BrClN2O4/c1-5-12(2)28-19-16(22)8-13(9-18(19)27-4)11-23-24-20(25)15-10-14(21)6-7-17(15)26-3/h6-12H,5H2,1-4H3,(H,24,25)/b23-11-/t12-/m1/s1. The van der Waals surface area contributed by atoms with Gasteiger partial charge in [0.05, 0.1) is 37.1 Å². The van der Waals surface area contributed by atoms with Gasteiger partial charge in [0.1, 0.15) is 5.75 Å². The van der Waals surface area contributed by atoms with E-state index in [0.717, 1.165) is 10.9 Å². The molecule has 150 valence electrons. The van der Waals surface area contributed by atoms with Crippen molar-refractivity contribution in [2.75, 3.05) is 14.2 Å². The van der Waals surface area contributed by atoms with Crippen LogP contribution in [0.25, 0.3) is 0 Å². The number of ether oxygens (including phenoxy) is 3. The highest BCUT2D eigenvalue weighted by Crippen LogP contribution is 2.37. The van der Waals surface area contributed by atoms with Crippen molar-refractivity contribution in [2.45, 2.75) is 26.4 Å². The number of amides is 1. The predicted molar refractivity (Wildman–Crippen MR) is 114 cm³/mol. The molecule has 0 aliphatic carbocycles. The Balaban J connectivity index is 2.17. The van der Waals surface area contributed by atoms with E-state index in [-0.39, 0.29) is 6.10 Å². The van der Waals surface area contributed by atoms with Gasteiger partial charge in [-0.25, -0.2) is 5.43 Å². The van der Waals surface area contributed by atoms with E-state index < -0.39 is 5.91 Å². The maximum atomic E-state index is 12.4. The van der Waals surface area contributed by atoms with Crippen LogP contribution in [0.15, 0.2) is 39.9 Å². The Morgan fingerprint density at radius 3 is 2.61 bits per heavy atom. The Morgan fingerprint density at radius 1 is 1.25 bits per heavy atom. The summed E-state index contributed by atoms with van der Waals surface area (Å²) >= 11 is 9.67. The minimum absolute atomic E-state index is 0.00498. The molecule has 28 heavy (non-hydrogen) atoms. The van der Waals surface area contributed by atoms with Crippen LogP contribution in [-0.4, -0.2) is 32.4 Å². The highest BCUT2D eigenvalue weighted by Gasteiger charge is 2.15. The number of nitrogens with one attached hydrogen (secondary N) is 1. The number of hydrazone groups is 1. The molecule has 0 bridgehead atoms. The number of nitrogens with zero attached hydrogens (tertiary/aromatic N) is 1. The summed E-state index contributed by atoms with van der Waals surface area (Å²) in [5, 5.41) is 4.40. The van der Waals surface area contributed by atoms with Crippen LogP contribution in [-0.2, 0) is 0 Å². The van der Waals surface area contributed by atoms with Gasteiger partial charge in [-0.05, 0) is 49.2 Å². The SMILES string of the molecule is CC[C@@H](C)Oc1c(Cl)cc(/C=N\NC(=O)c2cc(Br)ccc2OC)cc1OC. The summed E-state index contributed by atoms with van der Waals surface area (Å²) < 4.78 is 17.2. The summed E-state index contributed by atoms with van der Waals surface area (Å²) in [6.07, 6.45) is 2.32. The zero-order valence-corrected chi connectivity index (χ0v) is 18.4. The minimum Gasteiger partial charge on any atom is -0.496 e. The van der Waals surface area contributed by atoms with Gasteiger partial charge < -0.3 is 14.2 Å². The van der Waals surface area contributed by atoms with Crippen LogP contribution in [0, 0.1) is 0 Å². The Labute approximate surface area is 177 Å². The third-order valence-electron chi connectivity index (χ3n) is 3.93. The lowest BCUT2D eigenvalue weighted by Crippen LogP contribution is -2.18. The van der Waals surface area contributed by atoms with Crippen molar-refractivity contribution >= 4 is 39.7 Å². The van der Waals surface area contributed by atoms with Gasteiger partial charge in [-0.3, -0.25) is 4.79 Å². The van der Waals surface area contributed by atoms with Crippen LogP contribution in [0.2, 0.25) is 5.02 Å². The topological polar surface area (TPSA) is 69.2 Å². The second kappa shape index (κ2) is 10.3. The highest BCUT2D eigenvalue weighted by molar-refractivity contribution is 9.10. The lowest BCUT2D eigenvalue weighted by atomic mass is 10.2. The number of halogens is 2. The van der Waals surface area contributed by atoms with Gasteiger partial charge in [-0.2, -0.15) is 5.10 Å². The van der Waals surface area contributed by atoms with Crippen molar-refractivity contribution in [3.63, 3.8) is 0 Å². The van der Waals surface area contributed by atoms with Gasteiger partial charge >= 0.3 is 0 Å². The molecule has 2 rings (SSSR count). The number of methoxy groups -OCH3 is 2. The Hall–Kier alpha value is -2.25. The second-order valence-electron chi connectivity index (χ2n) is 5.91. The zero-order chi connectivity index (χ0) is 20.7. The van der Waals surface area contributed by atoms with E-state index in [1.165, 1.54) is 20.4 Å². The molecule has 0 saturated carbocycles. The predicted octanol–water partition coefficient (Wildman–Crippen LogP) is 5.06. The Bertz CT molecular complexity index is 874. The molecule has 0 saturated heterocycles. The third kappa shape index (κ3) is 5.62. The monoisotopic (exact) mass is 468 g/mol. The fraction of sp³-hybridized carbons (Fsp3) is 0.300. The number of benzene rings is 2. The molecule has 2 aromatic rings. The highest BCUT2D eigenvalue weighted by atomic mass is 79.9. The lowest BCUT2D eigenvalue weighted by molar-refractivity contribution is 0.0952. The molecule has 0 heterocycles. The number of rotatable bonds is 8. The molecule has 1 amide bonds. The Morgan fingerprint density at radius 2 is 1.96 bits per heavy atom. The quantitative estimate of drug-likeness (QED) is 0.433. The van der Waals surface area contributed by atoms with Crippen LogP contribution in [0.4, 0.5) is 0 Å². The van der Waals surface area contributed by atoms with Crippen molar-refractivity contribution in [3.8, 4) is 17.2 Å². The van der Waals surface area contributed by atoms with E-state index in [1.807, 2.05) is 13.8 Å². The van der Waals surface area contributed by atoms with Crippen molar-refractivity contribution in [1.82, 2.24) is 5.43 Å². The maximum absolute atomic E-state index is 12.4. The molecule has 8 heteroatoms. The number of carbonyl (C=O) groups excluding carboxylic acids is 1. The lowest BCUT2D eigenvalue weighted by Gasteiger charge is -2.17. The molecule has 0 fully saturated rings. The van der Waals surface area contributed by atoms with Gasteiger partial charge in [-0.15, -0.1) is 0 Å². The number of carbonyl (C=O) groups is 1. The number of hydrogen-bond donors (Lipinski definition) is 1. The third-order valence-corrected chi connectivity index (χ3v) is 4.71. The van der Waals surface area contributed by atoms with Crippen molar-refractivity contribution < 1.29 is 19.0 Å². The first-order valence-corrected chi connectivity index (χ1v) is 9.77. The van der Waals surface area contributed by atoms with Gasteiger partial charge in [0, 0.05) is 4.47 Å². The average Bonchev–Trinajstić information content (AvgIpc) is 2.69. The summed E-state index contributed by atoms with van der Waals surface area (Å²) in [7, 11) is 3.04. The molecule has 0 aliphatic heterocycles. The Kier molecular flexibility index (Phi) is 8.14. The molecule has 6 nitrogen and oxygen atoms in total. The van der Waals surface area contributed by atoms with Crippen LogP contribution >= 0.6 is 27.5 Å². The normalized spacial score (nSPS) is 11.9. The molecule has 0 unspecified atom stereocenters. The molecular formula is C20H22BrClN2O4. The van der Waals surface area contributed by atoms with E-state index in [9.17, 15) is 4.79 Å². The molecule has 2 aromatic carbocycles. The second-order valence-corrected chi connectivity index (χ2v) is 7.24. The van der Waals surface area contributed by atoms with Crippen molar-refractivity contribution in [2.24, 2.45) is 5.10 Å². The van der Waals surface area contributed by atoms with Gasteiger partial charge in [0.25, 0.3) is 5.91 Å². The van der Waals surface area contributed by atoms with Crippen LogP contribution in [0.3, 0.4) is 0 Å². The number of hydrogen-bond acceptors (Lipinski definition) is 5. The summed E-state index contributed by atoms with van der Waals surface area (Å²) in [6.45, 7) is 3.98. The first kappa shape index (κ1) is 22.0. The van der Waals surface area contributed by atoms with Crippen molar-refractivity contribution in [1.29, 1.82) is 0 Å². The minimum atomic E-state index is -0.399. The molecule has 0 aromatic heterocycles. The molecule has 1 atom stereocenters. The first-order valence-electron chi connectivity index (χ1n) is 8.60. The van der Waals surface area contributed by atoms with E-state index in [4.69, 9.17) is 25.8 Å². The van der Waals surface area contributed by atoms with E-state index in [0.29, 0.717) is 33.4 Å². The molecular weight excluding hydrogens is 448 g/mol. The molecule has 0 aliphatic rings. The molecule has 0 spiro atoms. The van der Waals surface area contributed by atoms with Gasteiger partial charge in [0.2, 0.25) is 0 Å². The van der Waals surface area contributed by atoms with E-state index in [2.05, 4.69) is 26.5 Å². The largest absolute Gasteiger partial charge is 0.496 e. The summed E-state index contributed by atoms with van der Waals surface area (Å²) in [6, 6.07) is 8.57. The first-order chi connectivity index (χ1) is 13.4. The van der Waals surface area contributed by atoms with Gasteiger partial charge in [0.15, 0.2) is 11.5 Å². The van der Waals surface area contributed by atoms with Crippen LogP contribution in [0.1, 0.15) is 36.2 Å². The summed E-state index contributed by atoms with van der Waals surface area (Å²) in [4.78, 5) is 12.4. The smallest absolute Gasteiger partial charge is 0.275 e. The summed E-state index contributed by atoms with van der Waals surface area (Å²) in [5.41, 5.74) is 3.49. The average molecular weight is 470 g/mol. The van der Waals surface area contributed by atoms with Crippen LogP contribution < -0.4 is 19.6 Å². The van der Waals surface area contributed by atoms with Crippen LogP contribution in [0.5, 0.6) is 17.2 Å². The molecule has 0 radical (unpaired) electrons. The van der Waals surface area contributed by atoms with E-state index in [1.54, 1.807) is 30.3 Å². The maximum Gasteiger partial charge on any atom is 0.275 e. The van der Waals surface area contributed by atoms with E-state index >= 15 is 0 Å². The fourth-order valence-corrected chi connectivity index (χ4v) is 2.92. The molecule has 1 N–H and O–H groups in total. The fourth-order valence-electron chi connectivity index (χ4n) is 2.30. The van der Waals surface area contributed by atoms with Crippen molar-refractivity contribution in [3.05, 3.63) is 51.0 Å². The summed E-state index contributed by atoms with van der Waals surface area (Å²) in [5.74, 6) is 1.03.